The molecule has 3 unspecified atom stereocenters. The zero-order valence-corrected chi connectivity index (χ0v) is 11.5. The predicted octanol–water partition coefficient (Wildman–Crippen LogP) is 0.889. The summed E-state index contributed by atoms with van der Waals surface area (Å²) in [6.07, 6.45) is 3.10. The number of carbonyl (C=O) groups is 1. The number of nitrogens with one attached hydrogen (secondary N) is 3. The van der Waals surface area contributed by atoms with Crippen molar-refractivity contribution < 1.29 is 9.53 Å². The van der Waals surface area contributed by atoms with Crippen molar-refractivity contribution >= 4 is 5.91 Å². The molecule has 5 heteroatoms. The number of benzene rings is 1. The number of ether oxygens (including phenoxy) is 1. The fraction of sp³-hybridized carbons (Fsp3) is 0.533. The summed E-state index contributed by atoms with van der Waals surface area (Å²) < 4.78 is 5.51. The van der Waals surface area contributed by atoms with Crippen LogP contribution >= 0.6 is 0 Å². The van der Waals surface area contributed by atoms with Crippen LogP contribution in [-0.4, -0.2) is 31.2 Å². The van der Waals surface area contributed by atoms with Gasteiger partial charge in [0.15, 0.2) is 0 Å². The molecule has 5 nitrogen and oxygen atoms in total. The maximum Gasteiger partial charge on any atom is 0.238 e. The van der Waals surface area contributed by atoms with Crippen molar-refractivity contribution in [2.24, 2.45) is 0 Å². The van der Waals surface area contributed by atoms with E-state index in [4.69, 9.17) is 4.74 Å². The largest absolute Gasteiger partial charge is 0.376 e. The molecule has 20 heavy (non-hydrogen) atoms. The Morgan fingerprint density at radius 2 is 2.15 bits per heavy atom. The SMILES string of the molecule is O=C(NCC1CCCO1)C1CC(c2ccccc2)NN1. The smallest absolute Gasteiger partial charge is 0.238 e. The molecule has 3 rings (SSSR count). The van der Waals surface area contributed by atoms with Crippen LogP contribution in [0.1, 0.15) is 30.9 Å². The molecule has 108 valence electrons. The highest BCUT2D eigenvalue weighted by atomic mass is 16.5. The lowest BCUT2D eigenvalue weighted by atomic mass is 10.0. The molecule has 2 aliphatic heterocycles. The van der Waals surface area contributed by atoms with Crippen molar-refractivity contribution in [2.75, 3.05) is 13.2 Å². The van der Waals surface area contributed by atoms with Gasteiger partial charge in [0.2, 0.25) is 5.91 Å². The van der Waals surface area contributed by atoms with Crippen LogP contribution in [0.5, 0.6) is 0 Å². The zero-order valence-electron chi connectivity index (χ0n) is 11.5. The highest BCUT2D eigenvalue weighted by molar-refractivity contribution is 5.82. The lowest BCUT2D eigenvalue weighted by Gasteiger charge is -2.14. The fourth-order valence-corrected chi connectivity index (χ4v) is 2.78. The molecule has 2 heterocycles. The maximum absolute atomic E-state index is 12.1. The fourth-order valence-electron chi connectivity index (χ4n) is 2.78. The van der Waals surface area contributed by atoms with Gasteiger partial charge in [-0.15, -0.1) is 0 Å². The van der Waals surface area contributed by atoms with Crippen molar-refractivity contribution in [3.05, 3.63) is 35.9 Å². The number of hydrazine groups is 1. The summed E-state index contributed by atoms with van der Waals surface area (Å²) in [7, 11) is 0. The molecule has 1 aromatic carbocycles. The number of rotatable bonds is 4. The maximum atomic E-state index is 12.1. The van der Waals surface area contributed by atoms with Gasteiger partial charge in [-0.3, -0.25) is 4.79 Å². The first kappa shape index (κ1) is 13.5. The summed E-state index contributed by atoms with van der Waals surface area (Å²) in [6.45, 7) is 1.44. The summed E-state index contributed by atoms with van der Waals surface area (Å²) >= 11 is 0. The number of carbonyl (C=O) groups excluding carboxylic acids is 1. The highest BCUT2D eigenvalue weighted by Crippen LogP contribution is 2.21. The molecule has 0 radical (unpaired) electrons. The summed E-state index contributed by atoms with van der Waals surface area (Å²) in [5.41, 5.74) is 7.47. The summed E-state index contributed by atoms with van der Waals surface area (Å²) in [4.78, 5) is 12.1. The topological polar surface area (TPSA) is 62.4 Å². The van der Waals surface area contributed by atoms with Crippen LogP contribution in [0.4, 0.5) is 0 Å². The molecule has 1 aromatic rings. The molecule has 2 saturated heterocycles. The van der Waals surface area contributed by atoms with Crippen molar-refractivity contribution in [2.45, 2.75) is 37.5 Å². The van der Waals surface area contributed by atoms with Gasteiger partial charge in [0, 0.05) is 19.2 Å². The Labute approximate surface area is 119 Å². The van der Waals surface area contributed by atoms with Gasteiger partial charge in [0.1, 0.15) is 6.04 Å². The predicted molar refractivity (Wildman–Crippen MR) is 75.8 cm³/mol. The van der Waals surface area contributed by atoms with Crippen LogP contribution in [-0.2, 0) is 9.53 Å². The number of hydrogen-bond acceptors (Lipinski definition) is 4. The molecule has 2 fully saturated rings. The van der Waals surface area contributed by atoms with E-state index in [1.54, 1.807) is 0 Å². The monoisotopic (exact) mass is 275 g/mol. The van der Waals surface area contributed by atoms with E-state index in [-0.39, 0.29) is 24.1 Å². The van der Waals surface area contributed by atoms with Gasteiger partial charge in [-0.2, -0.15) is 0 Å². The Kier molecular flexibility index (Phi) is 4.30. The van der Waals surface area contributed by atoms with E-state index in [9.17, 15) is 4.79 Å². The normalized spacial score (nSPS) is 29.5. The summed E-state index contributed by atoms with van der Waals surface area (Å²) in [5, 5.41) is 2.97. The van der Waals surface area contributed by atoms with Crippen LogP contribution in [0.3, 0.4) is 0 Å². The minimum absolute atomic E-state index is 0.0476. The minimum Gasteiger partial charge on any atom is -0.376 e. The molecular weight excluding hydrogens is 254 g/mol. The quantitative estimate of drug-likeness (QED) is 0.763. The van der Waals surface area contributed by atoms with Crippen LogP contribution in [0, 0.1) is 0 Å². The van der Waals surface area contributed by atoms with Crippen LogP contribution < -0.4 is 16.2 Å². The Hall–Kier alpha value is -1.43. The number of hydrogen-bond donors (Lipinski definition) is 3. The molecule has 1 amide bonds. The molecule has 0 aliphatic carbocycles. The van der Waals surface area contributed by atoms with Gasteiger partial charge < -0.3 is 10.1 Å². The first-order valence-corrected chi connectivity index (χ1v) is 7.28. The van der Waals surface area contributed by atoms with Crippen molar-refractivity contribution in [1.82, 2.24) is 16.2 Å². The minimum atomic E-state index is -0.179. The van der Waals surface area contributed by atoms with Crippen molar-refractivity contribution in [1.29, 1.82) is 0 Å². The molecule has 3 atom stereocenters. The summed E-state index contributed by atoms with van der Waals surface area (Å²) in [5.74, 6) is 0.0476. The van der Waals surface area contributed by atoms with Crippen LogP contribution in [0.2, 0.25) is 0 Å². The standard InChI is InChI=1S/C15H21N3O2/c19-15(16-10-12-7-4-8-20-12)14-9-13(17-18-14)11-5-2-1-3-6-11/h1-3,5-6,12-14,17-18H,4,7-10H2,(H,16,19). The second kappa shape index (κ2) is 6.35. The molecule has 0 bridgehead atoms. The Bertz CT molecular complexity index is 446. The second-order valence-corrected chi connectivity index (χ2v) is 5.42. The first-order valence-electron chi connectivity index (χ1n) is 7.28. The molecule has 0 aromatic heterocycles. The van der Waals surface area contributed by atoms with E-state index in [1.807, 2.05) is 18.2 Å². The highest BCUT2D eigenvalue weighted by Gasteiger charge is 2.30. The third kappa shape index (κ3) is 3.17. The molecule has 0 saturated carbocycles. The van der Waals surface area contributed by atoms with Gasteiger partial charge in [0.05, 0.1) is 6.10 Å². The number of amides is 1. The van der Waals surface area contributed by atoms with E-state index in [0.717, 1.165) is 25.9 Å². The van der Waals surface area contributed by atoms with Crippen LogP contribution in [0.15, 0.2) is 30.3 Å². The Balaban J connectivity index is 1.48. The molecule has 0 spiro atoms. The third-order valence-electron chi connectivity index (χ3n) is 3.95. The Morgan fingerprint density at radius 1 is 1.30 bits per heavy atom. The van der Waals surface area contributed by atoms with Gasteiger partial charge in [-0.25, -0.2) is 10.9 Å². The lowest BCUT2D eigenvalue weighted by molar-refractivity contribution is -0.123. The first-order chi connectivity index (χ1) is 9.83. The van der Waals surface area contributed by atoms with Gasteiger partial charge >= 0.3 is 0 Å². The molecule has 2 aliphatic rings. The van der Waals surface area contributed by atoms with Crippen molar-refractivity contribution in [3.8, 4) is 0 Å². The van der Waals surface area contributed by atoms with Gasteiger partial charge in [0.25, 0.3) is 0 Å². The van der Waals surface area contributed by atoms with Crippen molar-refractivity contribution in [3.63, 3.8) is 0 Å². The van der Waals surface area contributed by atoms with E-state index < -0.39 is 0 Å². The Morgan fingerprint density at radius 3 is 2.90 bits per heavy atom. The third-order valence-corrected chi connectivity index (χ3v) is 3.95. The van der Waals surface area contributed by atoms with E-state index in [2.05, 4.69) is 28.3 Å². The van der Waals surface area contributed by atoms with E-state index >= 15 is 0 Å². The lowest BCUT2D eigenvalue weighted by Crippen LogP contribution is -2.45. The zero-order chi connectivity index (χ0) is 13.8. The second-order valence-electron chi connectivity index (χ2n) is 5.42. The average Bonchev–Trinajstić information content (AvgIpc) is 3.17. The van der Waals surface area contributed by atoms with Gasteiger partial charge in [-0.05, 0) is 24.8 Å². The average molecular weight is 275 g/mol. The van der Waals surface area contributed by atoms with E-state index in [1.165, 1.54) is 5.56 Å². The van der Waals surface area contributed by atoms with E-state index in [0.29, 0.717) is 6.54 Å². The van der Waals surface area contributed by atoms with Gasteiger partial charge in [-0.1, -0.05) is 30.3 Å². The molecular formula is C15H21N3O2. The molecule has 3 N–H and O–H groups in total. The van der Waals surface area contributed by atoms with Crippen LogP contribution in [0.25, 0.3) is 0 Å². The summed E-state index contributed by atoms with van der Waals surface area (Å²) in [6, 6.07) is 10.2.